The van der Waals surface area contributed by atoms with E-state index in [0.717, 1.165) is 16.7 Å². The van der Waals surface area contributed by atoms with Gasteiger partial charge in [0.15, 0.2) is 0 Å². The lowest BCUT2D eigenvalue weighted by Gasteiger charge is -2.12. The third-order valence-corrected chi connectivity index (χ3v) is 4.00. The molecular weight excluding hydrogens is 359 g/mol. The van der Waals surface area contributed by atoms with Crippen LogP contribution in [-0.2, 0) is 0 Å². The second-order valence-corrected chi connectivity index (χ2v) is 6.07. The monoisotopic (exact) mass is 380 g/mol. The molecule has 0 heterocycles. The number of halogens is 2. The molecule has 0 bridgehead atoms. The van der Waals surface area contributed by atoms with E-state index in [1.807, 2.05) is 24.3 Å². The number of hydrogen-bond donors (Lipinski definition) is 2. The number of ether oxygens (including phenoxy) is 2. The molecule has 6 heteroatoms. The minimum atomic E-state index is -1.11. The standard InChI is InChI=1S/C20H22ClFO4/c1-14(15-2-6-19(7-3-15)25-12-17(23)10-21)16-4-8-20(9-5-16)26-13-18(24)11-22/h2-9,17-18,23-24H,1,10-13H2/t17-,18+/m1/s1. The Labute approximate surface area is 157 Å². The Balaban J connectivity index is 1.95. The summed E-state index contributed by atoms with van der Waals surface area (Å²) in [6.45, 7) is 3.32. The van der Waals surface area contributed by atoms with E-state index in [1.165, 1.54) is 0 Å². The van der Waals surface area contributed by atoms with Gasteiger partial charge in [-0.15, -0.1) is 11.6 Å². The topological polar surface area (TPSA) is 58.9 Å². The molecule has 0 spiro atoms. The van der Waals surface area contributed by atoms with E-state index >= 15 is 0 Å². The lowest BCUT2D eigenvalue weighted by Crippen LogP contribution is -2.19. The number of aliphatic hydroxyl groups excluding tert-OH is 2. The molecule has 0 aliphatic carbocycles. The molecule has 2 aromatic carbocycles. The van der Waals surface area contributed by atoms with Gasteiger partial charge in [0.25, 0.3) is 0 Å². The van der Waals surface area contributed by atoms with Crippen LogP contribution in [0, 0.1) is 0 Å². The highest BCUT2D eigenvalue weighted by Gasteiger charge is 2.07. The van der Waals surface area contributed by atoms with Gasteiger partial charge in [-0.2, -0.15) is 0 Å². The maximum Gasteiger partial charge on any atom is 0.119 e. The highest BCUT2D eigenvalue weighted by molar-refractivity contribution is 6.18. The van der Waals surface area contributed by atoms with Gasteiger partial charge in [0, 0.05) is 0 Å². The summed E-state index contributed by atoms with van der Waals surface area (Å²) in [6.07, 6.45) is -1.81. The van der Waals surface area contributed by atoms with Crippen LogP contribution in [0.5, 0.6) is 11.5 Å². The summed E-state index contributed by atoms with van der Waals surface area (Å²) in [7, 11) is 0. The molecule has 0 aliphatic heterocycles. The molecule has 4 nitrogen and oxygen atoms in total. The Morgan fingerprint density at radius 2 is 1.31 bits per heavy atom. The van der Waals surface area contributed by atoms with Gasteiger partial charge in [0.05, 0.1) is 5.88 Å². The van der Waals surface area contributed by atoms with Crippen LogP contribution < -0.4 is 9.47 Å². The fraction of sp³-hybridized carbons (Fsp3) is 0.300. The first-order chi connectivity index (χ1) is 12.5. The van der Waals surface area contributed by atoms with Crippen LogP contribution in [-0.4, -0.2) is 48.2 Å². The first kappa shape index (κ1) is 20.2. The number of benzene rings is 2. The molecule has 140 valence electrons. The van der Waals surface area contributed by atoms with Crippen LogP contribution in [0.25, 0.3) is 5.57 Å². The van der Waals surface area contributed by atoms with Crippen LogP contribution in [0.15, 0.2) is 55.1 Å². The van der Waals surface area contributed by atoms with Gasteiger partial charge in [0.2, 0.25) is 0 Å². The molecule has 0 fully saturated rings. The molecule has 0 saturated carbocycles. The third-order valence-electron chi connectivity index (χ3n) is 3.65. The molecule has 0 amide bonds. The van der Waals surface area contributed by atoms with Crippen molar-refractivity contribution in [2.75, 3.05) is 25.8 Å². The maximum atomic E-state index is 12.2. The second-order valence-electron chi connectivity index (χ2n) is 5.77. The summed E-state index contributed by atoms with van der Waals surface area (Å²) in [5.74, 6) is 1.32. The molecule has 26 heavy (non-hydrogen) atoms. The zero-order valence-electron chi connectivity index (χ0n) is 14.3. The van der Waals surface area contributed by atoms with Crippen molar-refractivity contribution >= 4 is 17.2 Å². The Morgan fingerprint density at radius 3 is 1.69 bits per heavy atom. The van der Waals surface area contributed by atoms with Crippen molar-refractivity contribution in [3.63, 3.8) is 0 Å². The average molecular weight is 381 g/mol. The Bertz CT molecular complexity index is 628. The Kier molecular flexibility index (Phi) is 7.91. The van der Waals surface area contributed by atoms with E-state index in [2.05, 4.69) is 6.58 Å². The van der Waals surface area contributed by atoms with E-state index < -0.39 is 18.9 Å². The number of rotatable bonds is 10. The predicted octanol–water partition coefficient (Wildman–Crippen LogP) is 3.44. The molecule has 0 radical (unpaired) electrons. The van der Waals surface area contributed by atoms with Crippen molar-refractivity contribution in [3.05, 3.63) is 66.2 Å². The van der Waals surface area contributed by atoms with Gasteiger partial charge in [-0.05, 0) is 41.0 Å². The smallest absolute Gasteiger partial charge is 0.119 e. The molecule has 2 aromatic rings. The summed E-state index contributed by atoms with van der Waals surface area (Å²) >= 11 is 5.53. The van der Waals surface area contributed by atoms with Crippen LogP contribution in [0.1, 0.15) is 11.1 Å². The van der Waals surface area contributed by atoms with Crippen molar-refractivity contribution in [2.24, 2.45) is 0 Å². The van der Waals surface area contributed by atoms with Crippen LogP contribution in [0.4, 0.5) is 4.39 Å². The highest BCUT2D eigenvalue weighted by atomic mass is 35.5. The molecule has 0 aliphatic rings. The molecule has 0 aromatic heterocycles. The summed E-state index contributed by atoms with van der Waals surface area (Å²) in [5, 5.41) is 18.6. The highest BCUT2D eigenvalue weighted by Crippen LogP contribution is 2.25. The number of alkyl halides is 2. The first-order valence-corrected chi connectivity index (χ1v) is 8.70. The molecule has 2 rings (SSSR count). The molecular formula is C20H22ClFO4. The molecule has 2 atom stereocenters. The van der Waals surface area contributed by atoms with Gasteiger partial charge in [0.1, 0.15) is 43.6 Å². The molecule has 2 N–H and O–H groups in total. The SMILES string of the molecule is C=C(c1ccc(OC[C@H](O)CCl)cc1)c1ccc(OC[C@@H](O)CF)cc1. The van der Waals surface area contributed by atoms with E-state index in [-0.39, 0.29) is 19.1 Å². The van der Waals surface area contributed by atoms with Gasteiger partial charge in [-0.1, -0.05) is 30.8 Å². The average Bonchev–Trinajstić information content (AvgIpc) is 2.70. The Morgan fingerprint density at radius 1 is 0.885 bits per heavy atom. The summed E-state index contributed by atoms with van der Waals surface area (Å²) in [6, 6.07) is 14.6. The summed E-state index contributed by atoms with van der Waals surface area (Å²) in [5.41, 5.74) is 2.67. The normalized spacial score (nSPS) is 13.1. The fourth-order valence-electron chi connectivity index (χ4n) is 2.15. The quantitative estimate of drug-likeness (QED) is 0.620. The number of hydrogen-bond acceptors (Lipinski definition) is 4. The van der Waals surface area contributed by atoms with Crippen molar-refractivity contribution in [2.45, 2.75) is 12.2 Å². The Hall–Kier alpha value is -2.08. The maximum absolute atomic E-state index is 12.2. The molecule has 0 saturated heterocycles. The lowest BCUT2D eigenvalue weighted by molar-refractivity contribution is 0.0842. The first-order valence-electron chi connectivity index (χ1n) is 8.17. The van der Waals surface area contributed by atoms with Crippen LogP contribution >= 0.6 is 11.6 Å². The van der Waals surface area contributed by atoms with E-state index in [0.29, 0.717) is 11.5 Å². The van der Waals surface area contributed by atoms with Gasteiger partial charge >= 0.3 is 0 Å². The van der Waals surface area contributed by atoms with E-state index in [4.69, 9.17) is 21.1 Å². The van der Waals surface area contributed by atoms with Crippen LogP contribution in [0.3, 0.4) is 0 Å². The largest absolute Gasteiger partial charge is 0.491 e. The van der Waals surface area contributed by atoms with Crippen LogP contribution in [0.2, 0.25) is 0 Å². The van der Waals surface area contributed by atoms with Gasteiger partial charge in [-0.3, -0.25) is 0 Å². The van der Waals surface area contributed by atoms with Crippen molar-refractivity contribution in [1.29, 1.82) is 0 Å². The lowest BCUT2D eigenvalue weighted by atomic mass is 9.99. The zero-order chi connectivity index (χ0) is 18.9. The minimum absolute atomic E-state index is 0.0866. The van der Waals surface area contributed by atoms with Gasteiger partial charge < -0.3 is 19.7 Å². The number of aliphatic hydroxyl groups is 2. The predicted molar refractivity (Wildman–Crippen MR) is 101 cm³/mol. The van der Waals surface area contributed by atoms with E-state index in [9.17, 15) is 14.6 Å². The van der Waals surface area contributed by atoms with Crippen molar-refractivity contribution in [3.8, 4) is 11.5 Å². The second kappa shape index (κ2) is 10.2. The molecule has 0 unspecified atom stereocenters. The van der Waals surface area contributed by atoms with Gasteiger partial charge in [-0.25, -0.2) is 4.39 Å². The van der Waals surface area contributed by atoms with Crippen molar-refractivity contribution < 1.29 is 24.1 Å². The van der Waals surface area contributed by atoms with Crippen molar-refractivity contribution in [1.82, 2.24) is 0 Å². The summed E-state index contributed by atoms with van der Waals surface area (Å²) < 4.78 is 23.0. The fourth-order valence-corrected chi connectivity index (χ4v) is 2.23. The zero-order valence-corrected chi connectivity index (χ0v) is 15.0. The summed E-state index contributed by atoms with van der Waals surface area (Å²) in [4.78, 5) is 0. The van der Waals surface area contributed by atoms with E-state index in [1.54, 1.807) is 24.3 Å². The minimum Gasteiger partial charge on any atom is -0.491 e. The third kappa shape index (κ3) is 6.02.